The number of amides is 1. The van der Waals surface area contributed by atoms with Crippen LogP contribution < -0.4 is 9.94 Å². The molecule has 1 aromatic heterocycles. The quantitative estimate of drug-likeness (QED) is 0.617. The van der Waals surface area contributed by atoms with E-state index in [0.717, 1.165) is 16.9 Å². The van der Waals surface area contributed by atoms with E-state index in [0.29, 0.717) is 20.6 Å². The van der Waals surface area contributed by atoms with Gasteiger partial charge in [0.2, 0.25) is 10.0 Å². The molecule has 3 aromatic rings. The molecule has 0 aliphatic heterocycles. The Kier molecular flexibility index (Phi) is 5.96. The minimum Gasteiger partial charge on any atom is -0.469 e. The first-order valence-corrected chi connectivity index (χ1v) is 10.9. The van der Waals surface area contributed by atoms with E-state index >= 15 is 0 Å². The number of carbonyl (C=O) groups is 2. The number of rotatable bonds is 5. The molecule has 2 N–H and O–H groups in total. The zero-order valence-corrected chi connectivity index (χ0v) is 17.4. The summed E-state index contributed by atoms with van der Waals surface area (Å²) in [4.78, 5) is 28.7. The topological polar surface area (TPSA) is 121 Å². The predicted octanol–water partition coefficient (Wildman–Crippen LogP) is 1.96. The fraction of sp³-hybridized carbons (Fsp3) is 0.211. The molecule has 10 heteroatoms. The van der Waals surface area contributed by atoms with Crippen LogP contribution in [0.15, 0.2) is 52.4 Å². The summed E-state index contributed by atoms with van der Waals surface area (Å²) in [6.45, 7) is 2.14. The molecule has 2 aromatic carbocycles. The number of sulfonamides is 1. The van der Waals surface area contributed by atoms with E-state index < -0.39 is 21.9 Å². The summed E-state index contributed by atoms with van der Waals surface area (Å²) in [5.74, 6) is -0.844. The van der Waals surface area contributed by atoms with Crippen LogP contribution in [0.25, 0.3) is 10.2 Å². The monoisotopic (exact) mass is 433 g/mol. The van der Waals surface area contributed by atoms with Gasteiger partial charge in [0.25, 0.3) is 5.91 Å². The molecule has 8 nitrogen and oxygen atoms in total. The molecule has 0 saturated carbocycles. The van der Waals surface area contributed by atoms with Crippen LogP contribution in [0, 0.1) is 6.92 Å². The molecule has 0 aliphatic carbocycles. The number of hydrogen-bond acceptors (Lipinski definition) is 6. The number of benzene rings is 2. The molecule has 29 heavy (non-hydrogen) atoms. The van der Waals surface area contributed by atoms with Crippen molar-refractivity contribution in [2.45, 2.75) is 24.8 Å². The number of nitrogens with zero attached hydrogens (tertiary/aromatic N) is 2. The molecule has 0 saturated heterocycles. The Hall–Kier alpha value is -2.82. The lowest BCUT2D eigenvalue weighted by molar-refractivity contribution is -0.140. The van der Waals surface area contributed by atoms with Crippen molar-refractivity contribution in [3.63, 3.8) is 0 Å². The molecule has 3 rings (SSSR count). The summed E-state index contributed by atoms with van der Waals surface area (Å²) >= 11 is 1.14. The van der Waals surface area contributed by atoms with Gasteiger partial charge in [-0.05, 0) is 37.3 Å². The number of ether oxygens (including phenoxy) is 1. The zero-order valence-electron chi connectivity index (χ0n) is 15.8. The van der Waals surface area contributed by atoms with Crippen LogP contribution in [0.2, 0.25) is 0 Å². The number of aryl methyl sites for hydroxylation is 2. The van der Waals surface area contributed by atoms with Crippen molar-refractivity contribution in [3.05, 3.63) is 58.4 Å². The van der Waals surface area contributed by atoms with Gasteiger partial charge in [-0.3, -0.25) is 9.59 Å². The van der Waals surface area contributed by atoms with Crippen LogP contribution in [0.3, 0.4) is 0 Å². The van der Waals surface area contributed by atoms with Gasteiger partial charge in [-0.2, -0.15) is 4.99 Å². The first-order valence-electron chi connectivity index (χ1n) is 8.58. The van der Waals surface area contributed by atoms with Gasteiger partial charge in [0.15, 0.2) is 4.80 Å². The number of primary sulfonamides is 1. The number of carbonyl (C=O) groups excluding carboxylic acids is 2. The van der Waals surface area contributed by atoms with Crippen molar-refractivity contribution in [3.8, 4) is 0 Å². The smallest absolute Gasteiger partial charge is 0.307 e. The molecular formula is C19H19N3O5S2. The van der Waals surface area contributed by atoms with Crippen molar-refractivity contribution in [2.75, 3.05) is 7.11 Å². The van der Waals surface area contributed by atoms with Crippen LogP contribution in [-0.4, -0.2) is 32.0 Å². The summed E-state index contributed by atoms with van der Waals surface area (Å²) in [5.41, 5.74) is 2.09. The molecule has 0 fully saturated rings. The maximum Gasteiger partial charge on any atom is 0.307 e. The summed E-state index contributed by atoms with van der Waals surface area (Å²) in [6, 6.07) is 11.4. The SMILES string of the molecule is COC(=O)CCn1c(=NC(=O)c2ccc(C)cc2)sc2cc(S(N)(=O)=O)ccc21. The van der Waals surface area contributed by atoms with Crippen molar-refractivity contribution in [1.82, 2.24) is 4.57 Å². The van der Waals surface area contributed by atoms with E-state index in [9.17, 15) is 18.0 Å². The Morgan fingerprint density at radius 3 is 2.48 bits per heavy atom. The number of methoxy groups -OCH3 is 1. The molecule has 152 valence electrons. The summed E-state index contributed by atoms with van der Waals surface area (Å²) in [7, 11) is -2.58. The number of fused-ring (bicyclic) bond motifs is 1. The van der Waals surface area contributed by atoms with E-state index in [1.54, 1.807) is 22.8 Å². The molecule has 1 amide bonds. The van der Waals surface area contributed by atoms with E-state index in [1.807, 2.05) is 19.1 Å². The van der Waals surface area contributed by atoms with Gasteiger partial charge in [0, 0.05) is 12.1 Å². The third-order valence-corrected chi connectivity index (χ3v) is 6.20. The summed E-state index contributed by atoms with van der Waals surface area (Å²) < 4.78 is 30.3. The van der Waals surface area contributed by atoms with E-state index in [4.69, 9.17) is 5.14 Å². The van der Waals surface area contributed by atoms with E-state index in [2.05, 4.69) is 9.73 Å². The first kappa shape index (κ1) is 20.9. The molecular weight excluding hydrogens is 414 g/mol. The molecule has 0 unspecified atom stereocenters. The minimum absolute atomic E-state index is 0.0391. The third kappa shape index (κ3) is 4.78. The highest BCUT2D eigenvalue weighted by molar-refractivity contribution is 7.89. The average Bonchev–Trinajstić information content (AvgIpc) is 3.02. The van der Waals surface area contributed by atoms with Gasteiger partial charge in [-0.1, -0.05) is 29.0 Å². The summed E-state index contributed by atoms with van der Waals surface area (Å²) in [5, 5.41) is 5.21. The molecule has 1 heterocycles. The second-order valence-electron chi connectivity index (χ2n) is 6.32. The van der Waals surface area contributed by atoms with Gasteiger partial charge in [-0.25, -0.2) is 13.6 Å². The van der Waals surface area contributed by atoms with Gasteiger partial charge < -0.3 is 9.30 Å². The fourth-order valence-electron chi connectivity index (χ4n) is 2.68. The van der Waals surface area contributed by atoms with Gasteiger partial charge in [0.1, 0.15) is 0 Å². The Balaban J connectivity index is 2.13. The average molecular weight is 434 g/mol. The standard InChI is InChI=1S/C19H19N3O5S2/c1-12-3-5-13(6-4-12)18(24)21-19-22(10-9-17(23)27-2)15-8-7-14(29(20,25)26)11-16(15)28-19/h3-8,11H,9-10H2,1-2H3,(H2,20,25,26). The van der Waals surface area contributed by atoms with Gasteiger partial charge >= 0.3 is 5.97 Å². The van der Waals surface area contributed by atoms with Gasteiger partial charge in [0.05, 0.1) is 28.6 Å². The lowest BCUT2D eigenvalue weighted by Gasteiger charge is -2.05. The normalized spacial score (nSPS) is 12.3. The Bertz CT molecular complexity index is 1260. The third-order valence-electron chi connectivity index (χ3n) is 4.25. The van der Waals surface area contributed by atoms with Crippen LogP contribution in [0.5, 0.6) is 0 Å². The predicted molar refractivity (Wildman–Crippen MR) is 109 cm³/mol. The number of thiazole rings is 1. The Morgan fingerprint density at radius 2 is 1.86 bits per heavy atom. The van der Waals surface area contributed by atoms with Crippen molar-refractivity contribution in [1.29, 1.82) is 0 Å². The van der Waals surface area contributed by atoms with Crippen LogP contribution >= 0.6 is 11.3 Å². The summed E-state index contributed by atoms with van der Waals surface area (Å²) in [6.07, 6.45) is 0.0746. The van der Waals surface area contributed by atoms with Crippen LogP contribution in [0.4, 0.5) is 0 Å². The second kappa shape index (κ2) is 8.27. The largest absolute Gasteiger partial charge is 0.469 e. The highest BCUT2D eigenvalue weighted by Crippen LogP contribution is 2.22. The highest BCUT2D eigenvalue weighted by atomic mass is 32.2. The van der Waals surface area contributed by atoms with Crippen LogP contribution in [-0.2, 0) is 26.1 Å². The van der Waals surface area contributed by atoms with Gasteiger partial charge in [-0.15, -0.1) is 0 Å². The first-order chi connectivity index (χ1) is 13.7. The van der Waals surface area contributed by atoms with E-state index in [-0.39, 0.29) is 17.9 Å². The molecule has 0 spiro atoms. The fourth-order valence-corrected chi connectivity index (χ4v) is 4.39. The number of esters is 1. The zero-order chi connectivity index (χ0) is 21.2. The molecule has 0 aliphatic rings. The van der Waals surface area contributed by atoms with Crippen molar-refractivity contribution < 1.29 is 22.7 Å². The molecule has 0 atom stereocenters. The Morgan fingerprint density at radius 1 is 1.17 bits per heavy atom. The highest BCUT2D eigenvalue weighted by Gasteiger charge is 2.14. The van der Waals surface area contributed by atoms with Crippen molar-refractivity contribution in [2.24, 2.45) is 10.1 Å². The number of aromatic nitrogens is 1. The Labute approximate surface area is 171 Å². The lowest BCUT2D eigenvalue weighted by Crippen LogP contribution is -2.19. The maximum absolute atomic E-state index is 12.6. The minimum atomic E-state index is -3.87. The molecule has 0 radical (unpaired) electrons. The second-order valence-corrected chi connectivity index (χ2v) is 8.89. The number of hydrogen-bond donors (Lipinski definition) is 1. The lowest BCUT2D eigenvalue weighted by atomic mass is 10.1. The maximum atomic E-state index is 12.6. The van der Waals surface area contributed by atoms with Crippen LogP contribution in [0.1, 0.15) is 22.3 Å². The molecule has 0 bridgehead atoms. The van der Waals surface area contributed by atoms with Crippen molar-refractivity contribution >= 4 is 43.5 Å². The van der Waals surface area contributed by atoms with E-state index in [1.165, 1.54) is 19.2 Å². The number of nitrogens with two attached hydrogens (primary N) is 1.